The van der Waals surface area contributed by atoms with Crippen molar-refractivity contribution in [2.24, 2.45) is 5.41 Å². The van der Waals surface area contributed by atoms with Crippen molar-refractivity contribution >= 4 is 85.3 Å². The number of aryl methyl sites for hydroxylation is 2. The van der Waals surface area contributed by atoms with E-state index in [2.05, 4.69) is 294 Å². The second-order valence-corrected chi connectivity index (χ2v) is 28.1. The summed E-state index contributed by atoms with van der Waals surface area (Å²) >= 11 is 0. The van der Waals surface area contributed by atoms with Gasteiger partial charge in [-0.25, -0.2) is 0 Å². The Morgan fingerprint density at radius 3 is 1.42 bits per heavy atom. The number of para-hydroxylation sites is 2. The van der Waals surface area contributed by atoms with Crippen molar-refractivity contribution in [3.63, 3.8) is 0 Å². The molecule has 0 unspecified atom stereocenters. The lowest BCUT2D eigenvalue weighted by molar-refractivity contribution is 0.392. The smallest absolute Gasteiger partial charge is 0.255 e. The quantitative estimate of drug-likeness (QED) is 0.154. The summed E-state index contributed by atoms with van der Waals surface area (Å²) in [5.74, 6) is 1.19. The largest absolute Gasteiger partial charge is 0.311 e. The highest BCUT2D eigenvalue weighted by molar-refractivity contribution is 7.01. The molecular weight excluding hydrogens is 944 g/mol. The molecule has 0 amide bonds. The lowest BCUT2D eigenvalue weighted by atomic mass is 9.33. The van der Waals surface area contributed by atoms with Gasteiger partial charge in [0, 0.05) is 39.8 Å². The predicted octanol–water partition coefficient (Wildman–Crippen LogP) is 18.1. The lowest BCUT2D eigenvalue weighted by Gasteiger charge is -2.45. The first kappa shape index (κ1) is 51.5. The molecule has 0 saturated heterocycles. The van der Waals surface area contributed by atoms with Gasteiger partial charge < -0.3 is 9.80 Å². The minimum atomic E-state index is -0.103. The number of rotatable bonds is 6. The van der Waals surface area contributed by atoms with Crippen LogP contribution < -0.4 is 31.1 Å². The monoisotopic (exact) mass is 1020 g/mol. The summed E-state index contributed by atoms with van der Waals surface area (Å²) in [6.45, 7) is 37.5. The number of hydrogen-bond acceptors (Lipinski definition) is 3. The highest BCUT2D eigenvalue weighted by Gasteiger charge is 2.48. The minimum absolute atomic E-state index is 0.00453. The zero-order valence-corrected chi connectivity index (χ0v) is 49.4. The van der Waals surface area contributed by atoms with E-state index in [1.165, 1.54) is 100 Å². The fraction of sp³-hybridized carbons (Fsp3) is 0.315. The van der Waals surface area contributed by atoms with Crippen LogP contribution in [-0.2, 0) is 34.5 Å². The molecule has 0 bridgehead atoms. The Labute approximate surface area is 466 Å². The molecule has 0 radical (unpaired) electrons. The molecule has 0 atom stereocenters. The molecule has 0 fully saturated rings. The average Bonchev–Trinajstić information content (AvgIpc) is 3.49. The van der Waals surface area contributed by atoms with Crippen LogP contribution in [0.1, 0.15) is 141 Å². The van der Waals surface area contributed by atoms with Crippen molar-refractivity contribution in [1.82, 2.24) is 4.57 Å². The standard InChI is InChI=1S/C73H79BN4/c1-46-37-53(72(12,13)14)38-47(2)67(46)78-62-40-49-45-73(15,16)44-48(49)39-60(62)74-65-59-41-52(71(9,10)11)31-36-61(59)76(56-32-27-50(28-33-56)69(3,4)5)68(65)77(57-34-29-51(30-35-57)70(6,7)8)63-42-58(43-64(78)66(63)74)75(54-23-19-17-20-24-54)55-25-21-18-22-26-55/h17-43H,44-45H2,1-16H3. The van der Waals surface area contributed by atoms with Gasteiger partial charge in [-0.05, 0) is 199 Å². The molecule has 0 spiro atoms. The molecule has 1 aromatic heterocycles. The number of benzene rings is 8. The van der Waals surface area contributed by atoms with E-state index < -0.39 is 0 Å². The molecule has 3 heterocycles. The summed E-state index contributed by atoms with van der Waals surface area (Å²) in [6.07, 6.45) is 2.10. The molecule has 5 heteroatoms. The van der Waals surface area contributed by atoms with Crippen molar-refractivity contribution < 1.29 is 0 Å². The van der Waals surface area contributed by atoms with E-state index in [1.54, 1.807) is 0 Å². The van der Waals surface area contributed by atoms with E-state index in [-0.39, 0.29) is 33.8 Å². The van der Waals surface area contributed by atoms with Crippen molar-refractivity contribution in [1.29, 1.82) is 0 Å². The first-order valence-corrected chi connectivity index (χ1v) is 28.6. The van der Waals surface area contributed by atoms with Gasteiger partial charge in [0.2, 0.25) is 0 Å². The van der Waals surface area contributed by atoms with Crippen LogP contribution in [0.2, 0.25) is 0 Å². The van der Waals surface area contributed by atoms with Crippen LogP contribution in [0.25, 0.3) is 16.6 Å². The summed E-state index contributed by atoms with van der Waals surface area (Å²) in [4.78, 5) is 7.84. The van der Waals surface area contributed by atoms with Crippen LogP contribution in [0.15, 0.2) is 164 Å². The number of hydrogen-bond donors (Lipinski definition) is 0. The normalized spacial score (nSPS) is 14.8. The van der Waals surface area contributed by atoms with Gasteiger partial charge in [-0.2, -0.15) is 0 Å². The van der Waals surface area contributed by atoms with E-state index in [0.29, 0.717) is 0 Å². The maximum atomic E-state index is 2.71. The van der Waals surface area contributed by atoms with Crippen molar-refractivity contribution in [2.75, 3.05) is 14.7 Å². The number of fused-ring (bicyclic) bond motifs is 7. The first-order valence-electron chi connectivity index (χ1n) is 28.6. The van der Waals surface area contributed by atoms with Gasteiger partial charge in [-0.3, -0.25) is 9.47 Å². The predicted molar refractivity (Wildman–Crippen MR) is 337 cm³/mol. The molecule has 0 N–H and O–H groups in total. The second kappa shape index (κ2) is 17.9. The third-order valence-electron chi connectivity index (χ3n) is 17.3. The van der Waals surface area contributed by atoms with Gasteiger partial charge in [0.25, 0.3) is 6.71 Å². The van der Waals surface area contributed by atoms with Crippen molar-refractivity contribution in [2.45, 2.75) is 145 Å². The van der Waals surface area contributed by atoms with Gasteiger partial charge in [0.1, 0.15) is 5.82 Å². The van der Waals surface area contributed by atoms with Crippen molar-refractivity contribution in [3.05, 3.63) is 208 Å². The zero-order chi connectivity index (χ0) is 55.2. The summed E-state index contributed by atoms with van der Waals surface area (Å²) in [5, 5.41) is 1.30. The number of nitrogens with zero attached hydrogens (tertiary/aromatic N) is 4. The van der Waals surface area contributed by atoms with E-state index in [0.717, 1.165) is 41.3 Å². The molecule has 8 aromatic carbocycles. The molecule has 3 aliphatic rings. The fourth-order valence-electron chi connectivity index (χ4n) is 13.2. The number of anilines is 9. The third kappa shape index (κ3) is 8.59. The van der Waals surface area contributed by atoms with Gasteiger partial charge in [-0.15, -0.1) is 0 Å². The van der Waals surface area contributed by atoms with Crippen LogP contribution in [0.3, 0.4) is 0 Å². The van der Waals surface area contributed by atoms with E-state index in [4.69, 9.17) is 0 Å². The molecule has 0 saturated carbocycles. The summed E-state index contributed by atoms with van der Waals surface area (Å²) in [5.41, 5.74) is 26.7. The molecular formula is C73H79BN4. The van der Waals surface area contributed by atoms with Gasteiger partial charge in [0.05, 0.1) is 16.9 Å². The summed E-state index contributed by atoms with van der Waals surface area (Å²) in [6, 6.07) is 63.6. The Kier molecular flexibility index (Phi) is 11.8. The Hall–Kier alpha value is -7.24. The lowest BCUT2D eigenvalue weighted by Crippen LogP contribution is -2.61. The highest BCUT2D eigenvalue weighted by atomic mass is 15.3. The average molecular weight is 1020 g/mol. The molecule has 2 aliphatic heterocycles. The highest BCUT2D eigenvalue weighted by Crippen LogP contribution is 2.52. The second-order valence-electron chi connectivity index (χ2n) is 28.1. The van der Waals surface area contributed by atoms with Crippen LogP contribution in [-0.4, -0.2) is 11.3 Å². The molecule has 394 valence electrons. The maximum absolute atomic E-state index is 2.71. The minimum Gasteiger partial charge on any atom is -0.311 e. The fourth-order valence-corrected chi connectivity index (χ4v) is 13.2. The Bertz CT molecular complexity index is 3750. The summed E-state index contributed by atoms with van der Waals surface area (Å²) in [7, 11) is 0. The van der Waals surface area contributed by atoms with Crippen LogP contribution in [0.5, 0.6) is 0 Å². The van der Waals surface area contributed by atoms with Crippen LogP contribution in [0, 0.1) is 19.3 Å². The van der Waals surface area contributed by atoms with E-state index in [1.807, 2.05) is 0 Å². The Balaban J connectivity index is 1.29. The maximum Gasteiger partial charge on any atom is 0.255 e. The molecule has 78 heavy (non-hydrogen) atoms. The van der Waals surface area contributed by atoms with Crippen LogP contribution >= 0.6 is 0 Å². The molecule has 9 aromatic rings. The van der Waals surface area contributed by atoms with Crippen molar-refractivity contribution in [3.8, 4) is 5.69 Å². The SMILES string of the molecule is Cc1cc(C(C)(C)C)cc(C)c1N1c2cc3c(cc2B2c4c1cc(N(c1ccccc1)c1ccccc1)cc4N(c1ccc(C(C)(C)C)cc1)c1c2c2cc(C(C)(C)C)ccc2n1-c1ccc(C(C)(C)C)cc1)CC(C)(C)C3. The molecule has 12 rings (SSSR count). The number of aromatic nitrogens is 1. The van der Waals surface area contributed by atoms with Crippen LogP contribution in [0.4, 0.5) is 51.3 Å². The van der Waals surface area contributed by atoms with E-state index >= 15 is 0 Å². The molecule has 4 nitrogen and oxygen atoms in total. The Morgan fingerprint density at radius 1 is 0.436 bits per heavy atom. The third-order valence-corrected chi connectivity index (χ3v) is 17.3. The van der Waals surface area contributed by atoms with Gasteiger partial charge >= 0.3 is 0 Å². The zero-order valence-electron chi connectivity index (χ0n) is 49.4. The van der Waals surface area contributed by atoms with Gasteiger partial charge in [-0.1, -0.05) is 182 Å². The van der Waals surface area contributed by atoms with Gasteiger partial charge in [0.15, 0.2) is 0 Å². The molecule has 1 aliphatic carbocycles. The summed E-state index contributed by atoms with van der Waals surface area (Å²) < 4.78 is 2.62. The van der Waals surface area contributed by atoms with E-state index in [9.17, 15) is 0 Å². The Morgan fingerprint density at radius 2 is 0.910 bits per heavy atom. The first-order chi connectivity index (χ1) is 36.8. The topological polar surface area (TPSA) is 14.7 Å².